The van der Waals surface area contributed by atoms with Gasteiger partial charge in [0.2, 0.25) is 0 Å². The number of H-pyrrole nitrogens is 1. The van der Waals surface area contributed by atoms with Crippen molar-refractivity contribution in [3.05, 3.63) is 82.2 Å². The van der Waals surface area contributed by atoms with Gasteiger partial charge in [-0.1, -0.05) is 47.5 Å². The van der Waals surface area contributed by atoms with Gasteiger partial charge in [-0.05, 0) is 62.5 Å². The minimum atomic E-state index is -0.237. The van der Waals surface area contributed by atoms with Gasteiger partial charge in [-0.25, -0.2) is 0 Å². The topological polar surface area (TPSA) is 60.6 Å². The summed E-state index contributed by atoms with van der Waals surface area (Å²) < 4.78 is 5.26. The molecule has 3 aromatic rings. The molecule has 186 valence electrons. The van der Waals surface area contributed by atoms with Crippen LogP contribution in [0.2, 0.25) is 10.0 Å². The van der Waals surface area contributed by atoms with Crippen LogP contribution in [-0.2, 0) is 9.53 Å². The summed E-state index contributed by atoms with van der Waals surface area (Å²) in [6, 6.07) is 15.9. The second kappa shape index (κ2) is 13.2. The Bertz CT molecular complexity index is 1140. The van der Waals surface area contributed by atoms with Crippen LogP contribution in [0.4, 0.5) is 5.69 Å². The van der Waals surface area contributed by atoms with E-state index in [1.54, 1.807) is 18.2 Å². The van der Waals surface area contributed by atoms with Gasteiger partial charge in [0.25, 0.3) is 5.91 Å². The first-order valence-electron chi connectivity index (χ1n) is 11.5. The van der Waals surface area contributed by atoms with Crippen LogP contribution in [-0.4, -0.2) is 63.2 Å². The zero-order valence-electron chi connectivity index (χ0n) is 20.4. The second-order valence-electron chi connectivity index (χ2n) is 8.34. The molecule has 0 unspecified atom stereocenters. The predicted octanol–water partition coefficient (Wildman–Crippen LogP) is 5.59. The Morgan fingerprint density at radius 2 is 1.80 bits per heavy atom. The molecule has 0 spiro atoms. The molecule has 1 heterocycles. The molecule has 1 amide bonds. The standard InChI is InChI=1S/C27H32Cl2N4O2/c1-32(15-16-33(2)22-10-5-4-6-11-22)14-8-13-30-27(34)26(35-3)12-7-9-21-17-20-18-23(28)24(29)19-25(20)31-21/h4-7,9-12,17-19,31H,8,13-16H2,1-3H3,(H,30,34)/b9-7+,26-12-. The number of benzene rings is 2. The molecule has 0 radical (unpaired) electrons. The van der Waals surface area contributed by atoms with Gasteiger partial charge in [0.1, 0.15) is 0 Å². The Morgan fingerprint density at radius 3 is 2.54 bits per heavy atom. The fraction of sp³-hybridized carbons (Fsp3) is 0.296. The van der Waals surface area contributed by atoms with E-state index in [2.05, 4.69) is 46.3 Å². The number of para-hydroxylation sites is 1. The Hall–Kier alpha value is -2.93. The highest BCUT2D eigenvalue weighted by Crippen LogP contribution is 2.28. The molecule has 3 rings (SSSR count). The number of carbonyl (C=O) groups excluding carboxylic acids is 1. The van der Waals surface area contributed by atoms with Crippen molar-refractivity contribution >= 4 is 51.8 Å². The van der Waals surface area contributed by atoms with Gasteiger partial charge in [-0.2, -0.15) is 0 Å². The molecule has 35 heavy (non-hydrogen) atoms. The minimum absolute atomic E-state index is 0.237. The first-order chi connectivity index (χ1) is 16.9. The monoisotopic (exact) mass is 514 g/mol. The van der Waals surface area contributed by atoms with E-state index in [4.69, 9.17) is 27.9 Å². The van der Waals surface area contributed by atoms with E-state index in [-0.39, 0.29) is 11.7 Å². The minimum Gasteiger partial charge on any atom is -0.491 e. The van der Waals surface area contributed by atoms with Crippen LogP contribution in [0.5, 0.6) is 0 Å². The molecule has 0 aliphatic rings. The lowest BCUT2D eigenvalue weighted by molar-refractivity contribution is -0.120. The second-order valence-corrected chi connectivity index (χ2v) is 9.16. The number of aromatic nitrogens is 1. The lowest BCUT2D eigenvalue weighted by Crippen LogP contribution is -2.33. The molecule has 2 aromatic carbocycles. The molecule has 0 aliphatic carbocycles. The summed E-state index contributed by atoms with van der Waals surface area (Å²) in [5.41, 5.74) is 2.97. The van der Waals surface area contributed by atoms with Gasteiger partial charge in [-0.3, -0.25) is 4.79 Å². The normalized spacial score (nSPS) is 12.0. The van der Waals surface area contributed by atoms with Crippen LogP contribution in [0, 0.1) is 0 Å². The Kier molecular flexibility index (Phi) is 10.1. The molecule has 0 saturated heterocycles. The van der Waals surface area contributed by atoms with E-state index >= 15 is 0 Å². The highest BCUT2D eigenvalue weighted by Gasteiger charge is 2.09. The summed E-state index contributed by atoms with van der Waals surface area (Å²) in [6.45, 7) is 3.35. The number of ether oxygens (including phenoxy) is 1. The van der Waals surface area contributed by atoms with E-state index in [0.717, 1.165) is 42.7 Å². The molecule has 0 aliphatic heterocycles. The van der Waals surface area contributed by atoms with Crippen LogP contribution in [0.3, 0.4) is 0 Å². The van der Waals surface area contributed by atoms with Gasteiger partial charge in [-0.15, -0.1) is 0 Å². The van der Waals surface area contributed by atoms with Gasteiger partial charge in [0, 0.05) is 49.0 Å². The molecule has 8 heteroatoms. The van der Waals surface area contributed by atoms with E-state index < -0.39 is 0 Å². The lowest BCUT2D eigenvalue weighted by atomic mass is 10.2. The Balaban J connectivity index is 1.41. The van der Waals surface area contributed by atoms with Gasteiger partial charge in [0.15, 0.2) is 5.76 Å². The maximum atomic E-state index is 12.5. The third-order valence-electron chi connectivity index (χ3n) is 5.67. The maximum Gasteiger partial charge on any atom is 0.286 e. The average Bonchev–Trinajstić information content (AvgIpc) is 3.24. The third kappa shape index (κ3) is 8.06. The van der Waals surface area contributed by atoms with Crippen molar-refractivity contribution in [3.8, 4) is 0 Å². The third-order valence-corrected chi connectivity index (χ3v) is 6.39. The van der Waals surface area contributed by atoms with Gasteiger partial charge >= 0.3 is 0 Å². The number of methoxy groups -OCH3 is 1. The van der Waals surface area contributed by atoms with Crippen molar-refractivity contribution in [3.63, 3.8) is 0 Å². The van der Waals surface area contributed by atoms with E-state index in [9.17, 15) is 4.79 Å². The van der Waals surface area contributed by atoms with Crippen LogP contribution in [0.1, 0.15) is 12.1 Å². The summed E-state index contributed by atoms with van der Waals surface area (Å²) in [5.74, 6) is 0.0140. The summed E-state index contributed by atoms with van der Waals surface area (Å²) in [4.78, 5) is 20.2. The number of carbonyl (C=O) groups is 1. The highest BCUT2D eigenvalue weighted by molar-refractivity contribution is 6.42. The van der Waals surface area contributed by atoms with Crippen LogP contribution in [0.25, 0.3) is 17.0 Å². The number of amides is 1. The van der Waals surface area contributed by atoms with Crippen molar-refractivity contribution in [2.45, 2.75) is 6.42 Å². The first kappa shape index (κ1) is 26.7. The van der Waals surface area contributed by atoms with Crippen LogP contribution in [0.15, 0.2) is 66.4 Å². The summed E-state index contributed by atoms with van der Waals surface area (Å²) in [7, 11) is 5.68. The number of aromatic amines is 1. The van der Waals surface area contributed by atoms with Gasteiger partial charge < -0.3 is 24.8 Å². The van der Waals surface area contributed by atoms with Crippen LogP contribution >= 0.6 is 23.2 Å². The molecule has 1 aromatic heterocycles. The molecule has 6 nitrogen and oxygen atoms in total. The fourth-order valence-electron chi connectivity index (χ4n) is 3.60. The van der Waals surface area contributed by atoms with E-state index in [0.29, 0.717) is 16.6 Å². The average molecular weight is 515 g/mol. The SMILES string of the molecule is CO/C(=C\C=C\c1cc2cc(Cl)c(Cl)cc2[nH]1)C(=O)NCCCN(C)CCN(C)c1ccccc1. The van der Waals surface area contributed by atoms with Crippen molar-refractivity contribution < 1.29 is 9.53 Å². The number of nitrogens with zero attached hydrogens (tertiary/aromatic N) is 2. The number of nitrogens with one attached hydrogen (secondary N) is 2. The summed E-state index contributed by atoms with van der Waals surface area (Å²) >= 11 is 12.2. The number of halogens is 2. The number of likely N-dealkylation sites (N-methyl/N-ethyl adjacent to an activating group) is 2. The number of allylic oxidation sites excluding steroid dienone is 2. The molecule has 0 saturated carbocycles. The van der Waals surface area contributed by atoms with Crippen molar-refractivity contribution in [2.24, 2.45) is 0 Å². The number of fused-ring (bicyclic) bond motifs is 1. The molecule has 2 N–H and O–H groups in total. The Labute approximate surface area is 217 Å². The predicted molar refractivity (Wildman–Crippen MR) is 147 cm³/mol. The van der Waals surface area contributed by atoms with Gasteiger partial charge in [0.05, 0.1) is 17.2 Å². The van der Waals surface area contributed by atoms with E-state index in [1.807, 2.05) is 36.4 Å². The molecule has 0 bridgehead atoms. The highest BCUT2D eigenvalue weighted by atomic mass is 35.5. The number of hydrogen-bond donors (Lipinski definition) is 2. The number of rotatable bonds is 12. The zero-order valence-corrected chi connectivity index (χ0v) is 21.9. The zero-order chi connectivity index (χ0) is 25.2. The number of anilines is 1. The smallest absolute Gasteiger partial charge is 0.286 e. The summed E-state index contributed by atoms with van der Waals surface area (Å²) in [6.07, 6.45) is 6.12. The molecule has 0 fully saturated rings. The Morgan fingerprint density at radius 1 is 1.06 bits per heavy atom. The molecule has 0 atom stereocenters. The first-order valence-corrected chi connectivity index (χ1v) is 12.3. The largest absolute Gasteiger partial charge is 0.491 e. The summed E-state index contributed by atoms with van der Waals surface area (Å²) in [5, 5.41) is 4.90. The maximum absolute atomic E-state index is 12.5. The van der Waals surface area contributed by atoms with Crippen molar-refractivity contribution in [2.75, 3.05) is 52.3 Å². The lowest BCUT2D eigenvalue weighted by Gasteiger charge is -2.23. The molecular weight excluding hydrogens is 483 g/mol. The van der Waals surface area contributed by atoms with Crippen LogP contribution < -0.4 is 10.2 Å². The fourth-order valence-corrected chi connectivity index (χ4v) is 3.93. The number of hydrogen-bond acceptors (Lipinski definition) is 4. The quantitative estimate of drug-likeness (QED) is 0.143. The van der Waals surface area contributed by atoms with Crippen molar-refractivity contribution in [1.82, 2.24) is 15.2 Å². The van der Waals surface area contributed by atoms with Crippen molar-refractivity contribution in [1.29, 1.82) is 0 Å². The molecular formula is C27H32Cl2N4O2. The van der Waals surface area contributed by atoms with E-state index in [1.165, 1.54) is 12.8 Å².